The van der Waals surface area contributed by atoms with Crippen molar-refractivity contribution >= 4 is 23.2 Å². The zero-order valence-corrected chi connectivity index (χ0v) is 14.8. The van der Waals surface area contributed by atoms with Gasteiger partial charge in [0, 0.05) is 11.2 Å². The molecular formula is C19H24ClFN2O. The molecule has 0 unspecified atom stereocenters. The van der Waals surface area contributed by atoms with E-state index in [2.05, 4.69) is 17.3 Å². The Labute approximate surface area is 147 Å². The predicted molar refractivity (Wildman–Crippen MR) is 93.6 cm³/mol. The van der Waals surface area contributed by atoms with E-state index in [1.165, 1.54) is 50.7 Å². The molecule has 0 saturated heterocycles. The van der Waals surface area contributed by atoms with E-state index in [4.69, 9.17) is 11.6 Å². The molecular weight excluding hydrogens is 327 g/mol. The van der Waals surface area contributed by atoms with Gasteiger partial charge in [0.2, 0.25) is 5.91 Å². The van der Waals surface area contributed by atoms with Gasteiger partial charge in [-0.3, -0.25) is 9.69 Å². The van der Waals surface area contributed by atoms with Crippen LogP contribution in [0.15, 0.2) is 18.2 Å². The number of hydrogen-bond acceptors (Lipinski definition) is 2. The lowest BCUT2D eigenvalue weighted by atomic mass is 9.52. The highest BCUT2D eigenvalue weighted by Gasteiger charge is 2.52. The van der Waals surface area contributed by atoms with E-state index < -0.39 is 5.82 Å². The summed E-state index contributed by atoms with van der Waals surface area (Å²) in [4.78, 5) is 14.7. The molecule has 1 N–H and O–H groups in total. The van der Waals surface area contributed by atoms with Crippen LogP contribution in [0.1, 0.15) is 38.5 Å². The van der Waals surface area contributed by atoms with Crippen molar-refractivity contribution < 1.29 is 9.18 Å². The number of amides is 1. The van der Waals surface area contributed by atoms with Crippen molar-refractivity contribution in [3.63, 3.8) is 0 Å². The third-order valence-electron chi connectivity index (χ3n) is 6.40. The minimum Gasteiger partial charge on any atom is -0.325 e. The number of benzene rings is 1. The van der Waals surface area contributed by atoms with Crippen molar-refractivity contribution in [1.29, 1.82) is 0 Å². The van der Waals surface area contributed by atoms with E-state index in [9.17, 15) is 9.18 Å². The van der Waals surface area contributed by atoms with Gasteiger partial charge in [-0.2, -0.15) is 0 Å². The van der Waals surface area contributed by atoms with Crippen molar-refractivity contribution in [3.05, 3.63) is 29.0 Å². The first-order valence-corrected chi connectivity index (χ1v) is 9.27. The van der Waals surface area contributed by atoms with Crippen molar-refractivity contribution in [2.24, 2.45) is 17.8 Å². The monoisotopic (exact) mass is 350 g/mol. The van der Waals surface area contributed by atoms with Gasteiger partial charge in [0.05, 0.1) is 11.6 Å². The maximum Gasteiger partial charge on any atom is 0.238 e. The molecule has 1 aromatic carbocycles. The molecule has 3 nitrogen and oxygen atoms in total. The Kier molecular flexibility index (Phi) is 4.08. The smallest absolute Gasteiger partial charge is 0.238 e. The number of nitrogens with zero attached hydrogens (tertiary/aromatic N) is 1. The van der Waals surface area contributed by atoms with E-state index in [0.717, 1.165) is 17.8 Å². The molecule has 0 atom stereocenters. The second-order valence-corrected chi connectivity index (χ2v) is 8.58. The van der Waals surface area contributed by atoms with Gasteiger partial charge in [-0.1, -0.05) is 11.6 Å². The summed E-state index contributed by atoms with van der Waals surface area (Å²) < 4.78 is 13.2. The number of nitrogens with one attached hydrogen (secondary N) is 1. The fraction of sp³-hybridized carbons (Fsp3) is 0.632. The summed E-state index contributed by atoms with van der Waals surface area (Å²) in [6, 6.07) is 4.28. The Morgan fingerprint density at radius 2 is 1.83 bits per heavy atom. The van der Waals surface area contributed by atoms with Crippen molar-refractivity contribution in [1.82, 2.24) is 4.90 Å². The summed E-state index contributed by atoms with van der Waals surface area (Å²) in [5.74, 6) is 2.05. The summed E-state index contributed by atoms with van der Waals surface area (Å²) in [7, 11) is 2.09. The van der Waals surface area contributed by atoms with Crippen LogP contribution in [0.5, 0.6) is 0 Å². The quantitative estimate of drug-likeness (QED) is 0.877. The van der Waals surface area contributed by atoms with Crippen molar-refractivity contribution in [2.45, 2.75) is 44.1 Å². The molecule has 130 valence electrons. The van der Waals surface area contributed by atoms with E-state index in [1.807, 2.05) is 0 Å². The molecule has 5 heteroatoms. The molecule has 1 aromatic rings. The van der Waals surface area contributed by atoms with Gasteiger partial charge in [-0.05, 0) is 81.5 Å². The molecule has 1 amide bonds. The van der Waals surface area contributed by atoms with Crippen LogP contribution in [-0.2, 0) is 4.79 Å². The summed E-state index contributed by atoms with van der Waals surface area (Å²) in [5, 5.41) is 2.87. The van der Waals surface area contributed by atoms with E-state index in [1.54, 1.807) is 6.07 Å². The Balaban J connectivity index is 1.41. The fourth-order valence-electron chi connectivity index (χ4n) is 5.69. The van der Waals surface area contributed by atoms with E-state index in [-0.39, 0.29) is 16.5 Å². The van der Waals surface area contributed by atoms with Gasteiger partial charge >= 0.3 is 0 Å². The average molecular weight is 351 g/mol. The third kappa shape index (κ3) is 2.95. The molecule has 0 heterocycles. The van der Waals surface area contributed by atoms with E-state index in [0.29, 0.717) is 12.2 Å². The van der Waals surface area contributed by atoms with Crippen LogP contribution < -0.4 is 5.32 Å². The Morgan fingerprint density at radius 3 is 2.38 bits per heavy atom. The van der Waals surface area contributed by atoms with Crippen LogP contribution in [-0.4, -0.2) is 29.9 Å². The summed E-state index contributed by atoms with van der Waals surface area (Å²) >= 11 is 5.78. The highest BCUT2D eigenvalue weighted by atomic mass is 35.5. The standard InChI is InChI=1S/C19H24ClFN2O/c1-23(11-18(24)22-15-2-3-17(21)16(20)7-15)19-8-12-4-13(9-19)6-14(5-12)10-19/h2-3,7,12-14H,4-6,8-11H2,1H3,(H,22,24). The Bertz CT molecular complexity index is 627. The molecule has 0 aromatic heterocycles. The van der Waals surface area contributed by atoms with Crippen molar-refractivity contribution in [2.75, 3.05) is 18.9 Å². The van der Waals surface area contributed by atoms with Crippen LogP contribution in [0, 0.1) is 23.6 Å². The summed E-state index contributed by atoms with van der Waals surface area (Å²) in [5.41, 5.74) is 0.761. The maximum absolute atomic E-state index is 13.2. The lowest BCUT2D eigenvalue weighted by Gasteiger charge is -2.59. The number of halogens is 2. The minimum atomic E-state index is -0.472. The highest BCUT2D eigenvalue weighted by Crippen LogP contribution is 2.57. The molecule has 4 saturated carbocycles. The first-order chi connectivity index (χ1) is 11.4. The van der Waals surface area contributed by atoms with Crippen LogP contribution >= 0.6 is 11.6 Å². The SMILES string of the molecule is CN(CC(=O)Nc1ccc(F)c(Cl)c1)C12CC3CC(CC(C3)C1)C2. The van der Waals surface area contributed by atoms with Gasteiger partial charge in [0.15, 0.2) is 0 Å². The Morgan fingerprint density at radius 1 is 1.25 bits per heavy atom. The molecule has 0 radical (unpaired) electrons. The van der Waals surface area contributed by atoms with Crippen LogP contribution in [0.4, 0.5) is 10.1 Å². The first-order valence-electron chi connectivity index (χ1n) is 8.90. The molecule has 4 bridgehead atoms. The second-order valence-electron chi connectivity index (χ2n) is 8.18. The number of anilines is 1. The number of rotatable bonds is 4. The van der Waals surface area contributed by atoms with Gasteiger partial charge in [-0.15, -0.1) is 0 Å². The maximum atomic E-state index is 13.2. The van der Waals surface area contributed by atoms with E-state index >= 15 is 0 Å². The predicted octanol–water partition coefficient (Wildman–Crippen LogP) is 4.32. The van der Waals surface area contributed by atoms with Gasteiger partial charge < -0.3 is 5.32 Å². The van der Waals surface area contributed by atoms with Gasteiger partial charge in [0.1, 0.15) is 5.82 Å². The highest BCUT2D eigenvalue weighted by molar-refractivity contribution is 6.31. The molecule has 0 aliphatic heterocycles. The van der Waals surface area contributed by atoms with Crippen molar-refractivity contribution in [3.8, 4) is 0 Å². The fourth-order valence-corrected chi connectivity index (χ4v) is 5.87. The largest absolute Gasteiger partial charge is 0.325 e. The lowest BCUT2D eigenvalue weighted by Crippen LogP contribution is -2.59. The molecule has 4 fully saturated rings. The second kappa shape index (κ2) is 5.99. The molecule has 4 aliphatic rings. The normalized spacial score (nSPS) is 33.9. The van der Waals surface area contributed by atoms with Crippen LogP contribution in [0.25, 0.3) is 0 Å². The topological polar surface area (TPSA) is 32.3 Å². The Hall–Kier alpha value is -1.13. The lowest BCUT2D eigenvalue weighted by molar-refractivity contribution is -0.123. The average Bonchev–Trinajstić information content (AvgIpc) is 2.49. The number of carbonyl (C=O) groups excluding carboxylic acids is 1. The first kappa shape index (κ1) is 16.3. The minimum absolute atomic E-state index is 0.0299. The zero-order chi connectivity index (χ0) is 16.9. The van der Waals surface area contributed by atoms with Gasteiger partial charge in [-0.25, -0.2) is 4.39 Å². The number of likely N-dealkylation sites (N-methyl/N-ethyl adjacent to an activating group) is 1. The van der Waals surface area contributed by atoms with Gasteiger partial charge in [0.25, 0.3) is 0 Å². The summed E-state index contributed by atoms with van der Waals surface area (Å²) in [6.45, 7) is 0.376. The van der Waals surface area contributed by atoms with Crippen LogP contribution in [0.3, 0.4) is 0 Å². The number of hydrogen-bond donors (Lipinski definition) is 1. The molecule has 24 heavy (non-hydrogen) atoms. The molecule has 4 aliphatic carbocycles. The molecule has 0 spiro atoms. The summed E-state index contributed by atoms with van der Waals surface area (Å²) in [6.07, 6.45) is 7.91. The number of carbonyl (C=O) groups is 1. The van der Waals surface area contributed by atoms with Crippen LogP contribution in [0.2, 0.25) is 5.02 Å². The molecule has 5 rings (SSSR count). The third-order valence-corrected chi connectivity index (χ3v) is 6.69. The zero-order valence-electron chi connectivity index (χ0n) is 14.0.